The Kier molecular flexibility index (Phi) is 4.73. The SMILES string of the molecule is C=CCC(N)C(=O)NCc1ccccc1C. The van der Waals surface area contributed by atoms with E-state index in [0.29, 0.717) is 13.0 Å². The van der Waals surface area contributed by atoms with Gasteiger partial charge >= 0.3 is 0 Å². The summed E-state index contributed by atoms with van der Waals surface area (Å²) in [5.41, 5.74) is 7.93. The van der Waals surface area contributed by atoms with E-state index in [9.17, 15) is 4.79 Å². The maximum atomic E-state index is 11.5. The zero-order valence-electron chi connectivity index (χ0n) is 9.57. The fourth-order valence-corrected chi connectivity index (χ4v) is 1.41. The number of benzene rings is 1. The van der Waals surface area contributed by atoms with Crippen molar-refractivity contribution in [1.82, 2.24) is 5.32 Å². The van der Waals surface area contributed by atoms with Crippen LogP contribution in [0.1, 0.15) is 17.5 Å². The van der Waals surface area contributed by atoms with Crippen LogP contribution in [0.3, 0.4) is 0 Å². The summed E-state index contributed by atoms with van der Waals surface area (Å²) in [6.07, 6.45) is 2.15. The molecule has 0 spiro atoms. The minimum absolute atomic E-state index is 0.136. The molecule has 0 fully saturated rings. The van der Waals surface area contributed by atoms with Crippen molar-refractivity contribution in [2.75, 3.05) is 0 Å². The van der Waals surface area contributed by atoms with Crippen LogP contribution in [-0.2, 0) is 11.3 Å². The molecule has 0 saturated heterocycles. The van der Waals surface area contributed by atoms with Gasteiger partial charge in [0.15, 0.2) is 0 Å². The first kappa shape index (κ1) is 12.5. The highest BCUT2D eigenvalue weighted by atomic mass is 16.2. The van der Waals surface area contributed by atoms with Gasteiger partial charge in [-0.25, -0.2) is 0 Å². The van der Waals surface area contributed by atoms with E-state index in [2.05, 4.69) is 11.9 Å². The zero-order chi connectivity index (χ0) is 12.0. The monoisotopic (exact) mass is 218 g/mol. The number of carbonyl (C=O) groups excluding carboxylic acids is 1. The molecule has 0 heterocycles. The van der Waals surface area contributed by atoms with Crippen molar-refractivity contribution in [3.05, 3.63) is 48.0 Å². The van der Waals surface area contributed by atoms with Gasteiger partial charge < -0.3 is 11.1 Å². The molecule has 0 bridgehead atoms. The Bertz CT molecular complexity index is 374. The van der Waals surface area contributed by atoms with Crippen LogP contribution >= 0.6 is 0 Å². The first-order valence-corrected chi connectivity index (χ1v) is 5.34. The lowest BCUT2D eigenvalue weighted by atomic mass is 10.1. The Labute approximate surface area is 96.3 Å². The molecule has 1 atom stereocenters. The highest BCUT2D eigenvalue weighted by molar-refractivity contribution is 5.81. The number of hydrogen-bond acceptors (Lipinski definition) is 2. The molecule has 0 saturated carbocycles. The number of aryl methyl sites for hydroxylation is 1. The van der Waals surface area contributed by atoms with Crippen molar-refractivity contribution in [3.8, 4) is 0 Å². The van der Waals surface area contributed by atoms with Crippen molar-refractivity contribution >= 4 is 5.91 Å². The van der Waals surface area contributed by atoms with Crippen molar-refractivity contribution in [3.63, 3.8) is 0 Å². The Balaban J connectivity index is 2.49. The van der Waals surface area contributed by atoms with Gasteiger partial charge in [0.25, 0.3) is 0 Å². The van der Waals surface area contributed by atoms with E-state index in [0.717, 1.165) is 5.56 Å². The van der Waals surface area contributed by atoms with Gasteiger partial charge in [0.2, 0.25) is 5.91 Å². The molecule has 1 aromatic rings. The zero-order valence-corrected chi connectivity index (χ0v) is 9.57. The second-order valence-electron chi connectivity index (χ2n) is 3.78. The number of amides is 1. The predicted octanol–water partition coefficient (Wildman–Crippen LogP) is 1.51. The Morgan fingerprint density at radius 1 is 1.56 bits per heavy atom. The molecule has 1 rings (SSSR count). The van der Waals surface area contributed by atoms with E-state index >= 15 is 0 Å². The van der Waals surface area contributed by atoms with Crippen LogP contribution in [0.2, 0.25) is 0 Å². The van der Waals surface area contributed by atoms with E-state index in [-0.39, 0.29) is 5.91 Å². The molecule has 0 aliphatic rings. The summed E-state index contributed by atoms with van der Waals surface area (Å²) >= 11 is 0. The molecule has 3 nitrogen and oxygen atoms in total. The fourth-order valence-electron chi connectivity index (χ4n) is 1.41. The molecular weight excluding hydrogens is 200 g/mol. The third kappa shape index (κ3) is 3.51. The number of nitrogens with two attached hydrogens (primary N) is 1. The lowest BCUT2D eigenvalue weighted by Gasteiger charge is -2.11. The molecule has 0 radical (unpaired) electrons. The highest BCUT2D eigenvalue weighted by Gasteiger charge is 2.10. The topological polar surface area (TPSA) is 55.1 Å². The lowest BCUT2D eigenvalue weighted by molar-refractivity contribution is -0.122. The highest BCUT2D eigenvalue weighted by Crippen LogP contribution is 2.06. The fraction of sp³-hybridized carbons (Fsp3) is 0.308. The summed E-state index contributed by atoms with van der Waals surface area (Å²) in [5, 5.41) is 2.81. The van der Waals surface area contributed by atoms with Crippen LogP contribution in [0.25, 0.3) is 0 Å². The van der Waals surface area contributed by atoms with Gasteiger partial charge in [-0.15, -0.1) is 6.58 Å². The van der Waals surface area contributed by atoms with E-state index in [1.165, 1.54) is 5.56 Å². The largest absolute Gasteiger partial charge is 0.351 e. The van der Waals surface area contributed by atoms with Gasteiger partial charge in [0, 0.05) is 6.54 Å². The third-order valence-electron chi connectivity index (χ3n) is 2.47. The van der Waals surface area contributed by atoms with Crippen LogP contribution in [0.4, 0.5) is 0 Å². The van der Waals surface area contributed by atoms with Crippen LogP contribution < -0.4 is 11.1 Å². The first-order chi connectivity index (χ1) is 7.65. The summed E-state index contributed by atoms with van der Waals surface area (Å²) in [7, 11) is 0. The number of carbonyl (C=O) groups is 1. The van der Waals surface area contributed by atoms with E-state index in [1.807, 2.05) is 31.2 Å². The van der Waals surface area contributed by atoms with Gasteiger partial charge in [0.1, 0.15) is 0 Å². The minimum atomic E-state index is -0.499. The summed E-state index contributed by atoms with van der Waals surface area (Å²) < 4.78 is 0. The van der Waals surface area contributed by atoms with Gasteiger partial charge in [-0.2, -0.15) is 0 Å². The lowest BCUT2D eigenvalue weighted by Crippen LogP contribution is -2.39. The molecule has 0 aliphatic heterocycles. The molecule has 16 heavy (non-hydrogen) atoms. The van der Waals surface area contributed by atoms with Gasteiger partial charge in [-0.05, 0) is 24.5 Å². The second kappa shape index (κ2) is 6.08. The maximum absolute atomic E-state index is 11.5. The number of hydrogen-bond donors (Lipinski definition) is 2. The molecular formula is C13H18N2O. The third-order valence-corrected chi connectivity index (χ3v) is 2.47. The number of rotatable bonds is 5. The molecule has 1 amide bonds. The van der Waals surface area contributed by atoms with Crippen molar-refractivity contribution < 1.29 is 4.79 Å². The van der Waals surface area contributed by atoms with Gasteiger partial charge in [0.05, 0.1) is 6.04 Å². The minimum Gasteiger partial charge on any atom is -0.351 e. The second-order valence-corrected chi connectivity index (χ2v) is 3.78. The van der Waals surface area contributed by atoms with Crippen molar-refractivity contribution in [1.29, 1.82) is 0 Å². The van der Waals surface area contributed by atoms with Gasteiger partial charge in [-0.1, -0.05) is 30.3 Å². The summed E-state index contributed by atoms with van der Waals surface area (Å²) in [6.45, 7) is 6.10. The standard InChI is InChI=1S/C13H18N2O/c1-3-6-12(14)13(16)15-9-11-8-5-4-7-10(11)2/h3-5,7-8,12H,1,6,9,14H2,2H3,(H,15,16). The molecule has 0 aliphatic carbocycles. The van der Waals surface area contributed by atoms with E-state index in [4.69, 9.17) is 5.73 Å². The van der Waals surface area contributed by atoms with E-state index < -0.39 is 6.04 Å². The molecule has 1 aromatic carbocycles. The molecule has 1 unspecified atom stereocenters. The van der Waals surface area contributed by atoms with Crippen LogP contribution in [0, 0.1) is 6.92 Å². The van der Waals surface area contributed by atoms with Crippen molar-refractivity contribution in [2.24, 2.45) is 5.73 Å². The molecule has 86 valence electrons. The summed E-state index contributed by atoms with van der Waals surface area (Å²) in [6, 6.07) is 7.45. The normalized spacial score (nSPS) is 11.9. The molecule has 3 heteroatoms. The quantitative estimate of drug-likeness (QED) is 0.736. The Hall–Kier alpha value is -1.61. The van der Waals surface area contributed by atoms with Crippen LogP contribution in [0.15, 0.2) is 36.9 Å². The Morgan fingerprint density at radius 2 is 2.25 bits per heavy atom. The van der Waals surface area contributed by atoms with Crippen LogP contribution in [0.5, 0.6) is 0 Å². The van der Waals surface area contributed by atoms with Gasteiger partial charge in [-0.3, -0.25) is 4.79 Å². The molecule has 0 aromatic heterocycles. The summed E-state index contributed by atoms with van der Waals surface area (Å²) in [4.78, 5) is 11.5. The first-order valence-electron chi connectivity index (χ1n) is 5.34. The Morgan fingerprint density at radius 3 is 2.88 bits per heavy atom. The smallest absolute Gasteiger partial charge is 0.237 e. The van der Waals surface area contributed by atoms with E-state index in [1.54, 1.807) is 6.08 Å². The van der Waals surface area contributed by atoms with Crippen LogP contribution in [-0.4, -0.2) is 11.9 Å². The van der Waals surface area contributed by atoms with Crippen molar-refractivity contribution in [2.45, 2.75) is 25.9 Å². The summed E-state index contributed by atoms with van der Waals surface area (Å²) in [5.74, 6) is -0.136. The average molecular weight is 218 g/mol. The molecule has 3 N–H and O–H groups in total. The average Bonchev–Trinajstić information content (AvgIpc) is 2.28. The number of nitrogens with one attached hydrogen (secondary N) is 1. The predicted molar refractivity (Wildman–Crippen MR) is 65.8 cm³/mol. The maximum Gasteiger partial charge on any atom is 0.237 e.